The van der Waals surface area contributed by atoms with E-state index >= 15 is 0 Å². The van der Waals surface area contributed by atoms with Crippen molar-refractivity contribution in [3.8, 4) is 11.5 Å². The average molecular weight is 733 g/mol. The highest BCUT2D eigenvalue weighted by atomic mass is 127. The molecular formula is C29H21I2NO4S. The van der Waals surface area contributed by atoms with E-state index in [9.17, 15) is 9.59 Å². The summed E-state index contributed by atoms with van der Waals surface area (Å²) in [6.07, 6.45) is 1.77. The summed E-state index contributed by atoms with van der Waals surface area (Å²) in [5.41, 5.74) is 1.94. The lowest BCUT2D eigenvalue weighted by atomic mass is 10.1. The predicted molar refractivity (Wildman–Crippen MR) is 165 cm³/mol. The Labute approximate surface area is 246 Å². The molecule has 1 aliphatic rings. The molecule has 37 heavy (non-hydrogen) atoms. The predicted octanol–water partition coefficient (Wildman–Crippen LogP) is 7.74. The van der Waals surface area contributed by atoms with Crippen LogP contribution in [0.15, 0.2) is 89.8 Å². The summed E-state index contributed by atoms with van der Waals surface area (Å²) in [5.74, 6) is 1.24. The van der Waals surface area contributed by atoms with E-state index in [1.165, 1.54) is 4.90 Å². The SMILES string of the molecule is O=C1S/C(=C\c2cc(I)c(OCc3ccccc3)c(I)c2)C(=O)N1CCOc1cccc2ccccc12. The Morgan fingerprint density at radius 2 is 1.54 bits per heavy atom. The van der Waals surface area contributed by atoms with Crippen LogP contribution in [0.2, 0.25) is 0 Å². The molecule has 0 unspecified atom stereocenters. The summed E-state index contributed by atoms with van der Waals surface area (Å²) in [6, 6.07) is 27.7. The number of hydrogen-bond acceptors (Lipinski definition) is 5. The molecule has 0 bridgehead atoms. The standard InChI is InChI=1S/C29H21I2NO4S/c30-23-15-20(16-24(31)27(23)36-18-19-7-2-1-3-8-19)17-26-28(33)32(29(34)37-26)13-14-35-25-12-6-10-21-9-4-5-11-22(21)25/h1-12,15-17H,13-14,18H2/b26-17-. The number of benzene rings is 4. The fourth-order valence-electron chi connectivity index (χ4n) is 3.94. The maximum absolute atomic E-state index is 13.0. The van der Waals surface area contributed by atoms with Gasteiger partial charge in [0.2, 0.25) is 0 Å². The Balaban J connectivity index is 1.24. The lowest BCUT2D eigenvalue weighted by Gasteiger charge is -2.14. The topological polar surface area (TPSA) is 55.8 Å². The fraction of sp³-hybridized carbons (Fsp3) is 0.103. The lowest BCUT2D eigenvalue weighted by molar-refractivity contribution is -0.123. The maximum Gasteiger partial charge on any atom is 0.293 e. The van der Waals surface area contributed by atoms with Crippen molar-refractivity contribution in [3.63, 3.8) is 0 Å². The van der Waals surface area contributed by atoms with Crippen molar-refractivity contribution in [1.82, 2.24) is 4.90 Å². The first-order valence-electron chi connectivity index (χ1n) is 11.5. The smallest absolute Gasteiger partial charge is 0.293 e. The second kappa shape index (κ2) is 11.9. The molecule has 4 aromatic rings. The number of imide groups is 1. The molecule has 0 spiro atoms. The first-order chi connectivity index (χ1) is 18.0. The molecule has 0 aliphatic carbocycles. The van der Waals surface area contributed by atoms with E-state index in [0.717, 1.165) is 52.3 Å². The second-order valence-electron chi connectivity index (χ2n) is 8.25. The Hall–Kier alpha value is -2.57. The molecule has 2 amide bonds. The van der Waals surface area contributed by atoms with E-state index in [1.807, 2.05) is 84.9 Å². The summed E-state index contributed by atoms with van der Waals surface area (Å²) in [6.45, 7) is 0.890. The van der Waals surface area contributed by atoms with Crippen molar-refractivity contribution in [2.75, 3.05) is 13.2 Å². The number of hydrogen-bond donors (Lipinski definition) is 0. The monoisotopic (exact) mass is 733 g/mol. The van der Waals surface area contributed by atoms with Gasteiger partial charge in [-0.05, 0) is 97.7 Å². The number of nitrogens with zero attached hydrogens (tertiary/aromatic N) is 1. The van der Waals surface area contributed by atoms with Gasteiger partial charge in [-0.25, -0.2) is 0 Å². The Kier molecular flexibility index (Phi) is 8.36. The quantitative estimate of drug-likeness (QED) is 0.137. The number of thioether (sulfide) groups is 1. The van der Waals surface area contributed by atoms with Gasteiger partial charge in [-0.1, -0.05) is 66.7 Å². The Morgan fingerprint density at radius 1 is 0.838 bits per heavy atom. The third kappa shape index (κ3) is 6.12. The summed E-state index contributed by atoms with van der Waals surface area (Å²) < 4.78 is 13.9. The molecule has 0 atom stereocenters. The third-order valence-electron chi connectivity index (χ3n) is 5.74. The van der Waals surface area contributed by atoms with E-state index in [1.54, 1.807) is 6.08 Å². The Bertz CT molecular complexity index is 1480. The lowest BCUT2D eigenvalue weighted by Crippen LogP contribution is -2.32. The molecule has 0 N–H and O–H groups in total. The molecule has 0 radical (unpaired) electrons. The highest BCUT2D eigenvalue weighted by molar-refractivity contribution is 14.1. The molecule has 5 rings (SSSR count). The largest absolute Gasteiger partial charge is 0.491 e. The molecule has 5 nitrogen and oxygen atoms in total. The van der Waals surface area contributed by atoms with Gasteiger partial charge in [0, 0.05) is 5.39 Å². The van der Waals surface area contributed by atoms with Gasteiger partial charge in [-0.15, -0.1) is 0 Å². The molecule has 1 aliphatic heterocycles. The minimum Gasteiger partial charge on any atom is -0.491 e. The van der Waals surface area contributed by atoms with Gasteiger partial charge in [0.05, 0.1) is 18.6 Å². The van der Waals surface area contributed by atoms with Crippen molar-refractivity contribution >= 4 is 84.9 Å². The summed E-state index contributed by atoms with van der Waals surface area (Å²) in [7, 11) is 0. The van der Waals surface area contributed by atoms with Crippen LogP contribution in [0.25, 0.3) is 16.8 Å². The summed E-state index contributed by atoms with van der Waals surface area (Å²) in [4.78, 5) is 27.2. The van der Waals surface area contributed by atoms with Gasteiger partial charge in [-0.2, -0.15) is 0 Å². The Morgan fingerprint density at radius 3 is 2.32 bits per heavy atom. The number of amides is 2. The highest BCUT2D eigenvalue weighted by Crippen LogP contribution is 2.35. The highest BCUT2D eigenvalue weighted by Gasteiger charge is 2.35. The van der Waals surface area contributed by atoms with Crippen LogP contribution in [0, 0.1) is 7.14 Å². The number of rotatable bonds is 8. The zero-order valence-corrected chi connectivity index (χ0v) is 24.7. The maximum atomic E-state index is 13.0. The number of carbonyl (C=O) groups is 2. The number of fused-ring (bicyclic) bond motifs is 1. The molecule has 1 fully saturated rings. The second-order valence-corrected chi connectivity index (χ2v) is 11.6. The van der Waals surface area contributed by atoms with Crippen LogP contribution in [0.5, 0.6) is 11.5 Å². The molecule has 0 saturated carbocycles. The van der Waals surface area contributed by atoms with Crippen LogP contribution < -0.4 is 9.47 Å². The summed E-state index contributed by atoms with van der Waals surface area (Å²) in [5, 5.41) is 1.79. The molecule has 0 aromatic heterocycles. The zero-order valence-electron chi connectivity index (χ0n) is 19.5. The first kappa shape index (κ1) is 26.1. The molecule has 1 saturated heterocycles. The fourth-order valence-corrected chi connectivity index (χ4v) is 6.94. The van der Waals surface area contributed by atoms with Crippen LogP contribution in [0.1, 0.15) is 11.1 Å². The zero-order chi connectivity index (χ0) is 25.8. The van der Waals surface area contributed by atoms with Crippen molar-refractivity contribution in [1.29, 1.82) is 0 Å². The van der Waals surface area contributed by atoms with E-state index in [2.05, 4.69) is 45.2 Å². The van der Waals surface area contributed by atoms with Crippen molar-refractivity contribution in [2.24, 2.45) is 0 Å². The van der Waals surface area contributed by atoms with E-state index in [-0.39, 0.29) is 24.3 Å². The van der Waals surface area contributed by atoms with Crippen molar-refractivity contribution in [2.45, 2.75) is 6.61 Å². The van der Waals surface area contributed by atoms with Crippen molar-refractivity contribution < 1.29 is 19.1 Å². The normalized spacial score (nSPS) is 14.5. The molecule has 4 aromatic carbocycles. The molecule has 8 heteroatoms. The first-order valence-corrected chi connectivity index (χ1v) is 14.5. The van der Waals surface area contributed by atoms with E-state index < -0.39 is 0 Å². The van der Waals surface area contributed by atoms with E-state index in [4.69, 9.17) is 9.47 Å². The number of halogens is 2. The van der Waals surface area contributed by atoms with Crippen molar-refractivity contribution in [3.05, 3.63) is 108 Å². The van der Waals surface area contributed by atoms with Crippen LogP contribution >= 0.6 is 56.9 Å². The summed E-state index contributed by atoms with van der Waals surface area (Å²) >= 11 is 5.43. The molecular weight excluding hydrogens is 712 g/mol. The van der Waals surface area contributed by atoms with Gasteiger partial charge in [-0.3, -0.25) is 14.5 Å². The van der Waals surface area contributed by atoms with Gasteiger partial charge in [0.25, 0.3) is 11.1 Å². The molecule has 186 valence electrons. The minimum atomic E-state index is -0.300. The average Bonchev–Trinajstić information content (AvgIpc) is 3.16. The number of carbonyl (C=O) groups excluding carboxylic acids is 2. The minimum absolute atomic E-state index is 0.187. The van der Waals surface area contributed by atoms with Gasteiger partial charge < -0.3 is 9.47 Å². The van der Waals surface area contributed by atoms with Crippen LogP contribution in [0.4, 0.5) is 4.79 Å². The number of ether oxygens (including phenoxy) is 2. The van der Waals surface area contributed by atoms with Gasteiger partial charge in [0.15, 0.2) is 0 Å². The van der Waals surface area contributed by atoms with Crippen LogP contribution in [-0.2, 0) is 11.4 Å². The van der Waals surface area contributed by atoms with Gasteiger partial charge in [0.1, 0.15) is 24.7 Å². The van der Waals surface area contributed by atoms with Crippen LogP contribution in [0.3, 0.4) is 0 Å². The van der Waals surface area contributed by atoms with E-state index in [0.29, 0.717) is 11.5 Å². The molecule has 1 heterocycles. The third-order valence-corrected chi connectivity index (χ3v) is 8.25. The van der Waals surface area contributed by atoms with Gasteiger partial charge >= 0.3 is 0 Å². The van der Waals surface area contributed by atoms with Crippen LogP contribution in [-0.4, -0.2) is 29.2 Å².